The van der Waals surface area contributed by atoms with Crippen LogP contribution in [0.15, 0.2) is 11.0 Å². The Bertz CT molecular complexity index is 580. The molecule has 0 amide bonds. The Morgan fingerprint density at radius 2 is 1.94 bits per heavy atom. The lowest BCUT2D eigenvalue weighted by molar-refractivity contribution is 0.0691. The number of hydrogen-bond donors (Lipinski definition) is 1. The summed E-state index contributed by atoms with van der Waals surface area (Å²) in [5, 5.41) is 8.68. The van der Waals surface area contributed by atoms with Crippen LogP contribution >= 0.6 is 0 Å². The maximum Gasteiger partial charge on any atom is 0.339 e. The zero-order valence-corrected chi connectivity index (χ0v) is 9.64. The normalized spacial score (nSPS) is 11.3. The minimum absolute atomic E-state index is 0.403. The van der Waals surface area contributed by atoms with E-state index in [2.05, 4.69) is 4.74 Å². The molecule has 1 rings (SSSR count). The molecule has 0 aliphatic carbocycles. The molecular formula is C9H8F2O5S. The molecule has 8 heteroatoms. The number of benzene rings is 1. The molecule has 94 valence electrons. The molecule has 0 spiro atoms. The summed E-state index contributed by atoms with van der Waals surface area (Å²) in [6, 6.07) is 0.403. The molecule has 5 nitrogen and oxygen atoms in total. The first kappa shape index (κ1) is 13.4. The largest absolute Gasteiger partial charge is 0.493 e. The molecule has 0 radical (unpaired) electrons. The molecule has 1 aromatic carbocycles. The minimum atomic E-state index is -4.16. The van der Waals surface area contributed by atoms with Gasteiger partial charge in [-0.25, -0.2) is 22.0 Å². The van der Waals surface area contributed by atoms with Gasteiger partial charge < -0.3 is 9.84 Å². The van der Waals surface area contributed by atoms with Crippen LogP contribution in [0.1, 0.15) is 10.4 Å². The number of carboxylic acid groups (broad SMARTS) is 1. The van der Waals surface area contributed by atoms with E-state index >= 15 is 0 Å². The number of aromatic carboxylic acids is 1. The highest BCUT2D eigenvalue weighted by molar-refractivity contribution is 7.90. The van der Waals surface area contributed by atoms with Gasteiger partial charge in [-0.05, 0) is 6.07 Å². The maximum absolute atomic E-state index is 13.6. The molecule has 0 fully saturated rings. The predicted octanol–water partition coefficient (Wildman–Crippen LogP) is 1.08. The molecule has 17 heavy (non-hydrogen) atoms. The van der Waals surface area contributed by atoms with Gasteiger partial charge in [0.1, 0.15) is 16.3 Å². The lowest BCUT2D eigenvalue weighted by Crippen LogP contribution is -2.11. The summed E-state index contributed by atoms with van der Waals surface area (Å²) in [5.74, 6) is -5.46. The fraction of sp³-hybridized carbons (Fsp3) is 0.222. The number of carbonyl (C=O) groups is 1. The van der Waals surface area contributed by atoms with Crippen molar-refractivity contribution in [2.75, 3.05) is 13.4 Å². The first-order chi connectivity index (χ1) is 7.70. The van der Waals surface area contributed by atoms with Gasteiger partial charge in [0.2, 0.25) is 0 Å². The second-order valence-electron chi connectivity index (χ2n) is 3.16. The van der Waals surface area contributed by atoms with Crippen molar-refractivity contribution in [1.29, 1.82) is 0 Å². The molecular weight excluding hydrogens is 258 g/mol. The van der Waals surface area contributed by atoms with Gasteiger partial charge in [0.15, 0.2) is 21.4 Å². The zero-order valence-electron chi connectivity index (χ0n) is 8.82. The maximum atomic E-state index is 13.6. The van der Waals surface area contributed by atoms with E-state index < -0.39 is 43.6 Å². The molecule has 1 N–H and O–H groups in total. The van der Waals surface area contributed by atoms with Gasteiger partial charge in [-0.3, -0.25) is 0 Å². The topological polar surface area (TPSA) is 80.7 Å². The van der Waals surface area contributed by atoms with Crippen LogP contribution in [-0.2, 0) is 9.84 Å². The SMILES string of the molecule is COc1c(C(=O)O)cc(F)c(S(C)(=O)=O)c1F. The third-order valence-corrected chi connectivity index (χ3v) is 3.05. The van der Waals surface area contributed by atoms with Gasteiger partial charge in [0, 0.05) is 6.26 Å². The number of methoxy groups -OCH3 is 1. The lowest BCUT2D eigenvalue weighted by atomic mass is 10.2. The van der Waals surface area contributed by atoms with E-state index in [9.17, 15) is 22.0 Å². The average Bonchev–Trinajstić information content (AvgIpc) is 2.14. The van der Waals surface area contributed by atoms with E-state index in [1.807, 2.05) is 0 Å². The molecule has 0 aliphatic rings. The third-order valence-electron chi connectivity index (χ3n) is 1.94. The Balaban J connectivity index is 3.77. The van der Waals surface area contributed by atoms with Crippen molar-refractivity contribution >= 4 is 15.8 Å². The van der Waals surface area contributed by atoms with Gasteiger partial charge >= 0.3 is 5.97 Å². The van der Waals surface area contributed by atoms with E-state index in [1.165, 1.54) is 0 Å². The second-order valence-corrected chi connectivity index (χ2v) is 5.11. The molecule has 0 bridgehead atoms. The van der Waals surface area contributed by atoms with E-state index in [4.69, 9.17) is 5.11 Å². The van der Waals surface area contributed by atoms with Crippen LogP contribution in [0.25, 0.3) is 0 Å². The summed E-state index contributed by atoms with van der Waals surface area (Å²) < 4.78 is 53.7. The summed E-state index contributed by atoms with van der Waals surface area (Å²) in [5.41, 5.74) is -0.782. The Kier molecular flexibility index (Phi) is 3.37. The molecule has 0 saturated carbocycles. The number of hydrogen-bond acceptors (Lipinski definition) is 4. The Labute approximate surface area is 95.6 Å². The van der Waals surface area contributed by atoms with Crippen LogP contribution in [0.5, 0.6) is 5.75 Å². The standard InChI is InChI=1S/C9H8F2O5S/c1-16-7-4(9(12)13)3-5(10)8(6(7)11)17(2,14)15/h3H,1-2H3,(H,12,13). The van der Waals surface area contributed by atoms with Crippen LogP contribution in [0.2, 0.25) is 0 Å². The molecule has 0 aromatic heterocycles. The molecule has 0 aliphatic heterocycles. The van der Waals surface area contributed by atoms with Gasteiger partial charge in [-0.15, -0.1) is 0 Å². The fourth-order valence-electron chi connectivity index (χ4n) is 1.28. The number of sulfone groups is 1. The van der Waals surface area contributed by atoms with E-state index in [0.29, 0.717) is 12.3 Å². The molecule has 0 unspecified atom stereocenters. The van der Waals surface area contributed by atoms with Crippen molar-refractivity contribution < 1.29 is 31.8 Å². The van der Waals surface area contributed by atoms with Crippen LogP contribution in [0, 0.1) is 11.6 Å². The van der Waals surface area contributed by atoms with Crippen molar-refractivity contribution in [1.82, 2.24) is 0 Å². The molecule has 0 saturated heterocycles. The average molecular weight is 266 g/mol. The minimum Gasteiger partial charge on any atom is -0.493 e. The summed E-state index contributed by atoms with van der Waals surface area (Å²) >= 11 is 0. The Morgan fingerprint density at radius 1 is 1.41 bits per heavy atom. The first-order valence-electron chi connectivity index (χ1n) is 4.19. The molecule has 1 aromatic rings. The van der Waals surface area contributed by atoms with Crippen LogP contribution < -0.4 is 4.74 Å². The van der Waals surface area contributed by atoms with Crippen LogP contribution in [0.4, 0.5) is 8.78 Å². The summed E-state index contributed by atoms with van der Waals surface area (Å²) in [4.78, 5) is 9.47. The highest BCUT2D eigenvalue weighted by atomic mass is 32.2. The van der Waals surface area contributed by atoms with E-state index in [0.717, 1.165) is 7.11 Å². The van der Waals surface area contributed by atoms with Crippen molar-refractivity contribution in [2.45, 2.75) is 4.90 Å². The highest BCUT2D eigenvalue weighted by Crippen LogP contribution is 2.30. The van der Waals surface area contributed by atoms with Crippen LogP contribution in [0.3, 0.4) is 0 Å². The quantitative estimate of drug-likeness (QED) is 0.885. The first-order valence-corrected chi connectivity index (χ1v) is 6.08. The number of ether oxygens (including phenoxy) is 1. The van der Waals surface area contributed by atoms with Gasteiger partial charge in [-0.1, -0.05) is 0 Å². The summed E-state index contributed by atoms with van der Waals surface area (Å²) in [7, 11) is -3.21. The lowest BCUT2D eigenvalue weighted by Gasteiger charge is -2.10. The van der Waals surface area contributed by atoms with Crippen molar-refractivity contribution in [2.24, 2.45) is 0 Å². The highest BCUT2D eigenvalue weighted by Gasteiger charge is 2.28. The smallest absolute Gasteiger partial charge is 0.339 e. The number of carboxylic acids is 1. The predicted molar refractivity (Wildman–Crippen MR) is 53.0 cm³/mol. The van der Waals surface area contributed by atoms with Crippen LogP contribution in [-0.4, -0.2) is 32.9 Å². The second kappa shape index (κ2) is 4.28. The fourth-order valence-corrected chi connectivity index (χ4v) is 2.11. The van der Waals surface area contributed by atoms with Gasteiger partial charge in [0.25, 0.3) is 0 Å². The summed E-state index contributed by atoms with van der Waals surface area (Å²) in [6.45, 7) is 0. The van der Waals surface area contributed by atoms with E-state index in [-0.39, 0.29) is 0 Å². The molecule has 0 heterocycles. The molecule has 0 atom stereocenters. The zero-order chi connectivity index (χ0) is 13.4. The van der Waals surface area contributed by atoms with Crippen molar-refractivity contribution in [3.63, 3.8) is 0 Å². The van der Waals surface area contributed by atoms with Gasteiger partial charge in [-0.2, -0.15) is 0 Å². The third kappa shape index (κ3) is 2.36. The van der Waals surface area contributed by atoms with Crippen molar-refractivity contribution in [3.05, 3.63) is 23.3 Å². The summed E-state index contributed by atoms with van der Waals surface area (Å²) in [6.07, 6.45) is 0.606. The Hall–Kier alpha value is -1.70. The Morgan fingerprint density at radius 3 is 2.29 bits per heavy atom. The number of rotatable bonds is 3. The van der Waals surface area contributed by atoms with Crippen molar-refractivity contribution in [3.8, 4) is 5.75 Å². The van der Waals surface area contributed by atoms with Gasteiger partial charge in [0.05, 0.1) is 7.11 Å². The number of halogens is 2. The van der Waals surface area contributed by atoms with E-state index in [1.54, 1.807) is 0 Å². The monoisotopic (exact) mass is 266 g/mol.